The molecule has 104 valence electrons. The first-order chi connectivity index (χ1) is 10.8. The molecule has 0 atom stereocenters. The summed E-state index contributed by atoms with van der Waals surface area (Å²) >= 11 is 6.05. The van der Waals surface area contributed by atoms with Crippen LogP contribution in [0.1, 0.15) is 5.56 Å². The molecule has 1 heterocycles. The Morgan fingerprint density at radius 3 is 2.64 bits per heavy atom. The fraction of sp³-hybridized carbons (Fsp3) is 0. The van der Waals surface area contributed by atoms with Gasteiger partial charge in [-0.05, 0) is 41.5 Å². The van der Waals surface area contributed by atoms with Crippen LogP contribution in [0.25, 0.3) is 33.1 Å². The van der Waals surface area contributed by atoms with Gasteiger partial charge in [0, 0.05) is 21.9 Å². The number of fused-ring (bicyclic) bond motifs is 3. The number of nitrogens with zero attached hydrogens (tertiary/aromatic N) is 1. The van der Waals surface area contributed by atoms with Crippen molar-refractivity contribution in [1.29, 1.82) is 5.26 Å². The average molecular weight is 304 g/mol. The zero-order chi connectivity index (χ0) is 15.1. The normalized spacial score (nSPS) is 10.9. The third-order valence-corrected chi connectivity index (χ3v) is 4.00. The molecule has 0 N–H and O–H groups in total. The largest absolute Gasteiger partial charge is 0.456 e. The van der Waals surface area contributed by atoms with Crippen molar-refractivity contribution in [3.05, 3.63) is 71.2 Å². The van der Waals surface area contributed by atoms with Crippen molar-refractivity contribution in [1.82, 2.24) is 0 Å². The molecule has 0 aliphatic heterocycles. The van der Waals surface area contributed by atoms with Crippen molar-refractivity contribution < 1.29 is 4.42 Å². The molecule has 0 fully saturated rings. The molecule has 0 unspecified atom stereocenters. The summed E-state index contributed by atoms with van der Waals surface area (Å²) in [5.74, 6) is 0. The highest BCUT2D eigenvalue weighted by Crippen LogP contribution is 2.37. The summed E-state index contributed by atoms with van der Waals surface area (Å²) in [7, 11) is 0. The molecule has 0 aliphatic carbocycles. The first kappa shape index (κ1) is 12.9. The van der Waals surface area contributed by atoms with E-state index in [1.165, 1.54) is 0 Å². The molecule has 4 aromatic rings. The SMILES string of the molecule is N#Cc1cccc(-c2cccc3oc4cc(Cl)ccc4c23)c1. The zero-order valence-corrected chi connectivity index (χ0v) is 12.3. The Kier molecular flexibility index (Phi) is 2.89. The van der Waals surface area contributed by atoms with Crippen molar-refractivity contribution in [3.8, 4) is 17.2 Å². The Morgan fingerprint density at radius 2 is 1.77 bits per heavy atom. The van der Waals surface area contributed by atoms with Gasteiger partial charge in [0.1, 0.15) is 11.2 Å². The minimum Gasteiger partial charge on any atom is -0.456 e. The summed E-state index contributed by atoms with van der Waals surface area (Å²) in [6, 6.07) is 21.4. The Bertz CT molecular complexity index is 1060. The van der Waals surface area contributed by atoms with Crippen molar-refractivity contribution in [3.63, 3.8) is 0 Å². The Balaban J connectivity index is 2.09. The first-order valence-electron chi connectivity index (χ1n) is 6.87. The van der Waals surface area contributed by atoms with E-state index >= 15 is 0 Å². The molecule has 0 saturated carbocycles. The molecule has 2 nitrogen and oxygen atoms in total. The Morgan fingerprint density at radius 1 is 0.909 bits per heavy atom. The van der Waals surface area contributed by atoms with Gasteiger partial charge in [-0.2, -0.15) is 5.26 Å². The lowest BCUT2D eigenvalue weighted by atomic mass is 9.98. The van der Waals surface area contributed by atoms with Crippen LogP contribution in [-0.2, 0) is 0 Å². The third kappa shape index (κ3) is 1.95. The van der Waals surface area contributed by atoms with Crippen LogP contribution in [0.3, 0.4) is 0 Å². The summed E-state index contributed by atoms with van der Waals surface area (Å²) in [6.07, 6.45) is 0. The molecule has 0 aliphatic rings. The molecule has 0 bridgehead atoms. The van der Waals surface area contributed by atoms with Crippen LogP contribution in [0.2, 0.25) is 5.02 Å². The van der Waals surface area contributed by atoms with Crippen LogP contribution in [0, 0.1) is 11.3 Å². The maximum atomic E-state index is 9.10. The van der Waals surface area contributed by atoms with E-state index < -0.39 is 0 Å². The molecule has 1 aromatic heterocycles. The van der Waals surface area contributed by atoms with Crippen LogP contribution >= 0.6 is 11.6 Å². The van der Waals surface area contributed by atoms with Gasteiger partial charge in [0.25, 0.3) is 0 Å². The summed E-state index contributed by atoms with van der Waals surface area (Å²) in [5.41, 5.74) is 4.28. The van der Waals surface area contributed by atoms with Crippen molar-refractivity contribution >= 4 is 33.5 Å². The molecule has 0 saturated heterocycles. The van der Waals surface area contributed by atoms with Gasteiger partial charge >= 0.3 is 0 Å². The van der Waals surface area contributed by atoms with Crippen LogP contribution in [0.5, 0.6) is 0 Å². The highest BCUT2D eigenvalue weighted by Gasteiger charge is 2.12. The highest BCUT2D eigenvalue weighted by molar-refractivity contribution is 6.31. The molecule has 0 spiro atoms. The highest BCUT2D eigenvalue weighted by atomic mass is 35.5. The van der Waals surface area contributed by atoms with Gasteiger partial charge in [-0.25, -0.2) is 0 Å². The van der Waals surface area contributed by atoms with Crippen molar-refractivity contribution in [2.75, 3.05) is 0 Å². The van der Waals surface area contributed by atoms with E-state index in [0.29, 0.717) is 10.6 Å². The van der Waals surface area contributed by atoms with E-state index in [2.05, 4.69) is 6.07 Å². The number of nitriles is 1. The topological polar surface area (TPSA) is 36.9 Å². The van der Waals surface area contributed by atoms with Gasteiger partial charge in [0.15, 0.2) is 0 Å². The van der Waals surface area contributed by atoms with E-state index in [4.69, 9.17) is 21.3 Å². The lowest BCUT2D eigenvalue weighted by Crippen LogP contribution is -1.81. The zero-order valence-electron chi connectivity index (χ0n) is 11.5. The standard InChI is InChI=1S/C19H10ClNO/c20-14-7-8-16-18(10-14)22-17-6-2-5-15(19(16)17)13-4-1-3-12(9-13)11-21/h1-10H. The second kappa shape index (κ2) is 4.91. The molecule has 4 rings (SSSR count). The van der Waals surface area contributed by atoms with Crippen LogP contribution in [-0.4, -0.2) is 0 Å². The minimum absolute atomic E-state index is 0.644. The van der Waals surface area contributed by atoms with Gasteiger partial charge in [0.2, 0.25) is 0 Å². The number of hydrogen-bond donors (Lipinski definition) is 0. The second-order valence-electron chi connectivity index (χ2n) is 5.11. The van der Waals surface area contributed by atoms with Gasteiger partial charge in [-0.1, -0.05) is 35.9 Å². The predicted molar refractivity (Wildman–Crippen MR) is 88.9 cm³/mol. The van der Waals surface area contributed by atoms with Crippen LogP contribution < -0.4 is 0 Å². The van der Waals surface area contributed by atoms with Crippen molar-refractivity contribution in [2.45, 2.75) is 0 Å². The van der Waals surface area contributed by atoms with Gasteiger partial charge in [-0.15, -0.1) is 0 Å². The quantitative estimate of drug-likeness (QED) is 0.447. The molecule has 3 aromatic carbocycles. The minimum atomic E-state index is 0.644. The number of rotatable bonds is 1. The average Bonchev–Trinajstić information content (AvgIpc) is 2.92. The predicted octanol–water partition coefficient (Wildman–Crippen LogP) is 5.78. The van der Waals surface area contributed by atoms with Gasteiger partial charge in [-0.3, -0.25) is 0 Å². The molecule has 0 amide bonds. The number of hydrogen-bond acceptors (Lipinski definition) is 2. The van der Waals surface area contributed by atoms with Gasteiger partial charge < -0.3 is 4.42 Å². The van der Waals surface area contributed by atoms with Gasteiger partial charge in [0.05, 0.1) is 11.6 Å². The smallest absolute Gasteiger partial charge is 0.136 e. The van der Waals surface area contributed by atoms with Crippen LogP contribution in [0.4, 0.5) is 0 Å². The summed E-state index contributed by atoms with van der Waals surface area (Å²) < 4.78 is 5.90. The number of furan rings is 1. The lowest BCUT2D eigenvalue weighted by Gasteiger charge is -2.04. The molecular formula is C19H10ClNO. The maximum Gasteiger partial charge on any atom is 0.136 e. The van der Waals surface area contributed by atoms with Crippen molar-refractivity contribution in [2.24, 2.45) is 0 Å². The summed E-state index contributed by atoms with van der Waals surface area (Å²) in [6.45, 7) is 0. The number of halogens is 1. The summed E-state index contributed by atoms with van der Waals surface area (Å²) in [5, 5.41) is 11.8. The molecule has 3 heteroatoms. The van der Waals surface area contributed by atoms with E-state index in [1.54, 1.807) is 6.07 Å². The van der Waals surface area contributed by atoms with Crippen LogP contribution in [0.15, 0.2) is 65.1 Å². The number of benzene rings is 3. The fourth-order valence-electron chi connectivity index (χ4n) is 2.80. The maximum absolute atomic E-state index is 9.10. The second-order valence-corrected chi connectivity index (χ2v) is 5.55. The van der Waals surface area contributed by atoms with E-state index in [-0.39, 0.29) is 0 Å². The molecule has 0 radical (unpaired) electrons. The first-order valence-corrected chi connectivity index (χ1v) is 7.25. The monoisotopic (exact) mass is 303 g/mol. The Labute approximate surface area is 132 Å². The Hall–Kier alpha value is -2.76. The lowest BCUT2D eigenvalue weighted by molar-refractivity contribution is 0.669. The molecular weight excluding hydrogens is 294 g/mol. The summed E-state index contributed by atoms with van der Waals surface area (Å²) in [4.78, 5) is 0. The fourth-order valence-corrected chi connectivity index (χ4v) is 2.96. The van der Waals surface area contributed by atoms with E-state index in [9.17, 15) is 0 Å². The van der Waals surface area contributed by atoms with E-state index in [0.717, 1.165) is 33.1 Å². The third-order valence-electron chi connectivity index (χ3n) is 3.76. The van der Waals surface area contributed by atoms with E-state index in [1.807, 2.05) is 54.6 Å². The molecule has 22 heavy (non-hydrogen) atoms.